The molecular formula is C28H27ClN2O. The molecule has 1 atom stereocenters. The minimum Gasteiger partial charge on any atom is -0.457 e. The van der Waals surface area contributed by atoms with Crippen molar-refractivity contribution in [2.45, 2.75) is 38.6 Å². The number of rotatable bonds is 3. The zero-order valence-electron chi connectivity index (χ0n) is 18.3. The number of pyridine rings is 1. The summed E-state index contributed by atoms with van der Waals surface area (Å²) in [5.74, 6) is 1.72. The van der Waals surface area contributed by atoms with E-state index in [4.69, 9.17) is 9.72 Å². The van der Waals surface area contributed by atoms with E-state index in [1.807, 2.05) is 36.4 Å². The average molecular weight is 443 g/mol. The van der Waals surface area contributed by atoms with E-state index in [9.17, 15) is 0 Å². The topological polar surface area (TPSA) is 25.4 Å². The third-order valence-electron chi connectivity index (χ3n) is 6.82. The Bertz CT molecular complexity index is 1270. The monoisotopic (exact) mass is 442 g/mol. The number of fused-ring (bicyclic) bond motifs is 4. The Morgan fingerprint density at radius 2 is 1.72 bits per heavy atom. The van der Waals surface area contributed by atoms with E-state index in [2.05, 4.69) is 48.2 Å². The number of para-hydroxylation sites is 1. The fourth-order valence-corrected chi connectivity index (χ4v) is 5.41. The van der Waals surface area contributed by atoms with Gasteiger partial charge in [0.05, 0.1) is 17.2 Å². The second-order valence-electron chi connectivity index (χ2n) is 8.67. The van der Waals surface area contributed by atoms with E-state index in [-0.39, 0.29) is 12.4 Å². The van der Waals surface area contributed by atoms with E-state index in [1.165, 1.54) is 47.0 Å². The van der Waals surface area contributed by atoms with Crippen molar-refractivity contribution in [3.8, 4) is 11.5 Å². The first kappa shape index (κ1) is 20.8. The van der Waals surface area contributed by atoms with E-state index in [1.54, 1.807) is 0 Å². The molecule has 1 aliphatic carbocycles. The molecule has 0 bridgehead atoms. The van der Waals surface area contributed by atoms with E-state index < -0.39 is 0 Å². The molecule has 4 aromatic rings. The van der Waals surface area contributed by atoms with Crippen molar-refractivity contribution in [1.82, 2.24) is 4.98 Å². The van der Waals surface area contributed by atoms with Crippen LogP contribution in [0.4, 0.5) is 5.69 Å². The maximum atomic E-state index is 6.17. The van der Waals surface area contributed by atoms with Crippen LogP contribution < -0.4 is 9.64 Å². The van der Waals surface area contributed by atoms with E-state index in [0.29, 0.717) is 6.04 Å². The Hall–Kier alpha value is -3.04. The lowest BCUT2D eigenvalue weighted by Crippen LogP contribution is -2.29. The molecular weight excluding hydrogens is 416 g/mol. The fraction of sp³-hybridized carbons (Fsp3) is 0.250. The van der Waals surface area contributed by atoms with Gasteiger partial charge in [-0.3, -0.25) is 4.98 Å². The summed E-state index contributed by atoms with van der Waals surface area (Å²) in [5.41, 5.74) is 7.98. The molecule has 2 heterocycles. The smallest absolute Gasteiger partial charge is 0.128 e. The first-order valence-corrected chi connectivity index (χ1v) is 11.3. The fourth-order valence-electron chi connectivity index (χ4n) is 5.41. The van der Waals surface area contributed by atoms with Crippen LogP contribution in [0.15, 0.2) is 72.8 Å². The highest BCUT2D eigenvalue weighted by Gasteiger charge is 2.33. The molecule has 2 aliphatic rings. The highest BCUT2D eigenvalue weighted by Crippen LogP contribution is 2.45. The number of hydrogen-bond acceptors (Lipinski definition) is 3. The van der Waals surface area contributed by atoms with Gasteiger partial charge in [0.25, 0.3) is 0 Å². The summed E-state index contributed by atoms with van der Waals surface area (Å²) in [6.07, 6.45) is 4.71. The SMILES string of the molecule is Cc1nc2ccc(Oc3ccccc3)cc2c2c1CCN2C1CCCc2ccccc21.Cl. The number of hydrogen-bond donors (Lipinski definition) is 0. The Morgan fingerprint density at radius 3 is 2.59 bits per heavy atom. The molecule has 0 radical (unpaired) electrons. The van der Waals surface area contributed by atoms with Crippen molar-refractivity contribution in [2.24, 2.45) is 0 Å². The number of benzene rings is 3. The number of halogens is 1. The Labute approximate surface area is 195 Å². The van der Waals surface area contributed by atoms with Crippen molar-refractivity contribution >= 4 is 29.0 Å². The van der Waals surface area contributed by atoms with Crippen LogP contribution in [0, 0.1) is 6.92 Å². The molecule has 6 rings (SSSR count). The zero-order valence-corrected chi connectivity index (χ0v) is 19.1. The Balaban J connectivity index is 0.00000216. The molecule has 0 spiro atoms. The highest BCUT2D eigenvalue weighted by molar-refractivity contribution is 5.96. The normalized spacial score (nSPS) is 16.9. The van der Waals surface area contributed by atoms with Crippen molar-refractivity contribution < 1.29 is 4.74 Å². The van der Waals surface area contributed by atoms with Gasteiger partial charge in [-0.05, 0) is 79.6 Å². The maximum absolute atomic E-state index is 6.17. The van der Waals surface area contributed by atoms with Crippen LogP contribution in [-0.2, 0) is 12.8 Å². The minimum absolute atomic E-state index is 0. The molecule has 0 amide bonds. The van der Waals surface area contributed by atoms with Crippen LogP contribution >= 0.6 is 12.4 Å². The lowest BCUT2D eigenvalue weighted by molar-refractivity contribution is 0.483. The van der Waals surface area contributed by atoms with Crippen LogP contribution in [0.3, 0.4) is 0 Å². The van der Waals surface area contributed by atoms with Crippen LogP contribution in [0.5, 0.6) is 11.5 Å². The lowest BCUT2D eigenvalue weighted by Gasteiger charge is -2.35. The molecule has 1 aromatic heterocycles. The highest BCUT2D eigenvalue weighted by atomic mass is 35.5. The summed E-state index contributed by atoms with van der Waals surface area (Å²) < 4.78 is 6.17. The van der Waals surface area contributed by atoms with Gasteiger partial charge in [-0.25, -0.2) is 0 Å². The van der Waals surface area contributed by atoms with E-state index in [0.717, 1.165) is 35.7 Å². The van der Waals surface area contributed by atoms with Gasteiger partial charge in [-0.15, -0.1) is 12.4 Å². The van der Waals surface area contributed by atoms with Gasteiger partial charge in [0.1, 0.15) is 11.5 Å². The number of aromatic nitrogens is 1. The van der Waals surface area contributed by atoms with Crippen molar-refractivity contribution in [3.05, 3.63) is 95.2 Å². The number of aryl methyl sites for hydroxylation is 2. The average Bonchev–Trinajstić information content (AvgIpc) is 3.26. The summed E-state index contributed by atoms with van der Waals surface area (Å²) >= 11 is 0. The third kappa shape index (κ3) is 3.51. The summed E-state index contributed by atoms with van der Waals surface area (Å²) in [5, 5.41) is 1.20. The zero-order chi connectivity index (χ0) is 20.8. The predicted octanol–water partition coefficient (Wildman–Crippen LogP) is 7.20. The lowest BCUT2D eigenvalue weighted by atomic mass is 9.86. The van der Waals surface area contributed by atoms with Gasteiger partial charge < -0.3 is 9.64 Å². The predicted molar refractivity (Wildman–Crippen MR) is 133 cm³/mol. The number of ether oxygens (including phenoxy) is 1. The third-order valence-corrected chi connectivity index (χ3v) is 6.82. The van der Waals surface area contributed by atoms with Gasteiger partial charge >= 0.3 is 0 Å². The first-order chi connectivity index (χ1) is 15.3. The molecule has 0 N–H and O–H groups in total. The molecule has 162 valence electrons. The summed E-state index contributed by atoms with van der Waals surface area (Å²) in [7, 11) is 0. The van der Waals surface area contributed by atoms with Gasteiger partial charge in [0.2, 0.25) is 0 Å². The second-order valence-corrected chi connectivity index (χ2v) is 8.67. The molecule has 3 aromatic carbocycles. The minimum atomic E-state index is 0. The number of nitrogens with zero attached hydrogens (tertiary/aromatic N) is 2. The molecule has 0 saturated carbocycles. The molecule has 3 nitrogen and oxygen atoms in total. The molecule has 4 heteroatoms. The van der Waals surface area contributed by atoms with Gasteiger partial charge in [0, 0.05) is 17.6 Å². The molecule has 0 saturated heterocycles. The van der Waals surface area contributed by atoms with Gasteiger partial charge in [0.15, 0.2) is 0 Å². The Morgan fingerprint density at radius 1 is 0.906 bits per heavy atom. The van der Waals surface area contributed by atoms with Crippen molar-refractivity contribution in [2.75, 3.05) is 11.4 Å². The summed E-state index contributed by atoms with van der Waals surface area (Å²) in [4.78, 5) is 7.59. The largest absolute Gasteiger partial charge is 0.457 e. The van der Waals surface area contributed by atoms with Crippen LogP contribution in [0.2, 0.25) is 0 Å². The standard InChI is InChI=1S/C28H26N2O.ClH/c1-19-23-16-17-30(27-13-7-9-20-8-5-6-12-24(20)27)28(23)25-18-22(14-15-26(25)29-19)31-21-10-3-2-4-11-21;/h2-6,8,10-12,14-15,18,27H,7,9,13,16-17H2,1H3;1H. The van der Waals surface area contributed by atoms with Crippen LogP contribution in [-0.4, -0.2) is 11.5 Å². The van der Waals surface area contributed by atoms with Crippen molar-refractivity contribution in [1.29, 1.82) is 0 Å². The Kier molecular flexibility index (Phi) is 5.52. The van der Waals surface area contributed by atoms with Crippen molar-refractivity contribution in [3.63, 3.8) is 0 Å². The molecule has 1 unspecified atom stereocenters. The second kappa shape index (κ2) is 8.48. The summed E-state index contributed by atoms with van der Waals surface area (Å²) in [6.45, 7) is 3.21. The molecule has 1 aliphatic heterocycles. The van der Waals surface area contributed by atoms with Crippen LogP contribution in [0.1, 0.15) is 41.3 Å². The molecule has 0 fully saturated rings. The van der Waals surface area contributed by atoms with Gasteiger partial charge in [-0.1, -0.05) is 42.5 Å². The maximum Gasteiger partial charge on any atom is 0.128 e. The quantitative estimate of drug-likeness (QED) is 0.335. The van der Waals surface area contributed by atoms with Crippen LogP contribution in [0.25, 0.3) is 10.9 Å². The van der Waals surface area contributed by atoms with E-state index >= 15 is 0 Å². The number of anilines is 1. The summed E-state index contributed by atoms with van der Waals surface area (Å²) in [6, 6.07) is 25.8. The van der Waals surface area contributed by atoms with Gasteiger partial charge in [-0.2, -0.15) is 0 Å². The molecule has 32 heavy (non-hydrogen) atoms. The first-order valence-electron chi connectivity index (χ1n) is 11.3.